The minimum Gasteiger partial charge on any atom is -0.274 e. The van der Waals surface area contributed by atoms with E-state index in [1.165, 1.54) is 6.20 Å². The molecule has 0 fully saturated rings. The van der Waals surface area contributed by atoms with Crippen LogP contribution in [0.3, 0.4) is 0 Å². The highest BCUT2D eigenvalue weighted by atomic mass is 79.9. The Hall–Kier alpha value is -1.18. The van der Waals surface area contributed by atoms with Crippen LogP contribution >= 0.6 is 15.9 Å². The van der Waals surface area contributed by atoms with Gasteiger partial charge in [0.1, 0.15) is 0 Å². The van der Waals surface area contributed by atoms with Gasteiger partial charge in [0, 0.05) is 10.7 Å². The molecule has 1 aromatic rings. The number of urea groups is 1. The topological polar surface area (TPSA) is 97.3 Å². The number of halogens is 1. The number of hydrogen-bond acceptors (Lipinski definition) is 4. The maximum atomic E-state index is 10.9. The molecule has 0 unspecified atom stereocenters. The molecule has 0 radical (unpaired) electrons. The number of rotatable bonds is 1. The number of carbonyl (C=O) groups is 1. The first kappa shape index (κ1) is 9.90. The van der Waals surface area contributed by atoms with E-state index in [-0.39, 0.29) is 0 Å². The van der Waals surface area contributed by atoms with Gasteiger partial charge < -0.3 is 0 Å². The molecule has 0 bridgehead atoms. The molecule has 0 saturated heterocycles. The third kappa shape index (κ3) is 2.38. The van der Waals surface area contributed by atoms with Crippen LogP contribution in [0.5, 0.6) is 0 Å². The van der Waals surface area contributed by atoms with E-state index < -0.39 is 6.03 Å². The summed E-state index contributed by atoms with van der Waals surface area (Å²) in [7, 11) is 0. The Bertz CT molecular complexity index is 318. The molecule has 13 heavy (non-hydrogen) atoms. The van der Waals surface area contributed by atoms with Gasteiger partial charge in [-0.15, -0.1) is 0 Å². The van der Waals surface area contributed by atoms with Gasteiger partial charge in [0.2, 0.25) is 0 Å². The van der Waals surface area contributed by atoms with E-state index in [1.807, 2.05) is 5.43 Å². The van der Waals surface area contributed by atoms with E-state index in [2.05, 4.69) is 20.9 Å². The molecule has 6 nitrogen and oxygen atoms in total. The molecule has 0 saturated carbocycles. The first-order valence-corrected chi connectivity index (χ1v) is 4.10. The molecule has 2 amide bonds. The second-order valence-corrected chi connectivity index (χ2v) is 3.10. The molecule has 0 aliphatic carbocycles. The Morgan fingerprint density at radius 1 is 1.62 bits per heavy atom. The van der Waals surface area contributed by atoms with Gasteiger partial charge in [-0.1, -0.05) is 0 Å². The quantitative estimate of drug-likeness (QED) is 0.372. The monoisotopic (exact) mass is 245 g/mol. The first-order valence-electron chi connectivity index (χ1n) is 3.31. The van der Waals surface area contributed by atoms with Gasteiger partial charge in [0.05, 0.1) is 11.9 Å². The van der Waals surface area contributed by atoms with Crippen molar-refractivity contribution in [2.24, 2.45) is 11.7 Å². The molecule has 7 heteroatoms. The minimum atomic E-state index is -0.611. The number of anilines is 1. The SMILES string of the molecule is NNC(=O)N(N)c1cncc(Br)c1. The lowest BCUT2D eigenvalue weighted by atomic mass is 10.4. The Kier molecular flexibility index (Phi) is 3.18. The smallest absolute Gasteiger partial charge is 0.274 e. The summed E-state index contributed by atoms with van der Waals surface area (Å²) in [5.41, 5.74) is 2.34. The molecule has 5 N–H and O–H groups in total. The van der Waals surface area contributed by atoms with Crippen molar-refractivity contribution in [1.29, 1.82) is 0 Å². The van der Waals surface area contributed by atoms with Crippen LogP contribution < -0.4 is 22.1 Å². The Labute approximate surface area is 83.0 Å². The predicted octanol–water partition coefficient (Wildman–Crippen LogP) is 0.108. The minimum absolute atomic E-state index is 0.442. The van der Waals surface area contributed by atoms with Crippen molar-refractivity contribution in [2.45, 2.75) is 0 Å². The fourth-order valence-electron chi connectivity index (χ4n) is 0.719. The number of nitrogens with two attached hydrogens (primary N) is 2. The highest BCUT2D eigenvalue weighted by Gasteiger charge is 2.09. The van der Waals surface area contributed by atoms with Gasteiger partial charge >= 0.3 is 6.03 Å². The molecule has 1 aromatic heterocycles. The van der Waals surface area contributed by atoms with Crippen LogP contribution in [-0.2, 0) is 0 Å². The van der Waals surface area contributed by atoms with Crippen LogP contribution in [0.25, 0.3) is 0 Å². The molecule has 0 aliphatic rings. The molecule has 70 valence electrons. The van der Waals surface area contributed by atoms with E-state index >= 15 is 0 Å². The van der Waals surface area contributed by atoms with E-state index in [1.54, 1.807) is 12.3 Å². The summed E-state index contributed by atoms with van der Waals surface area (Å²) in [5, 5.41) is 0.859. The molecule has 0 aliphatic heterocycles. The van der Waals surface area contributed by atoms with Crippen LogP contribution in [0.1, 0.15) is 0 Å². The van der Waals surface area contributed by atoms with Crippen molar-refractivity contribution in [3.05, 3.63) is 22.9 Å². The Balaban J connectivity index is 2.88. The Morgan fingerprint density at radius 2 is 2.31 bits per heavy atom. The van der Waals surface area contributed by atoms with Crippen LogP contribution in [-0.4, -0.2) is 11.0 Å². The molecular formula is C6H8BrN5O. The Morgan fingerprint density at radius 3 is 2.85 bits per heavy atom. The van der Waals surface area contributed by atoms with Gasteiger partial charge in [-0.25, -0.2) is 21.5 Å². The molecule has 1 heterocycles. The third-order valence-electron chi connectivity index (χ3n) is 1.31. The number of hydrogen-bond donors (Lipinski definition) is 3. The van der Waals surface area contributed by atoms with Crippen molar-refractivity contribution in [3.63, 3.8) is 0 Å². The van der Waals surface area contributed by atoms with Crippen molar-refractivity contribution >= 4 is 27.6 Å². The normalized spacial score (nSPS) is 9.46. The largest absolute Gasteiger partial charge is 0.350 e. The molecular weight excluding hydrogens is 238 g/mol. The zero-order valence-electron chi connectivity index (χ0n) is 6.57. The summed E-state index contributed by atoms with van der Waals surface area (Å²) >= 11 is 3.19. The number of nitrogens with one attached hydrogen (secondary N) is 1. The summed E-state index contributed by atoms with van der Waals surface area (Å²) in [6.07, 6.45) is 3.03. The molecule has 0 spiro atoms. The maximum Gasteiger partial charge on any atom is 0.350 e. The number of carbonyl (C=O) groups excluding carboxylic acids is 1. The molecule has 1 rings (SSSR count). The van der Waals surface area contributed by atoms with Gasteiger partial charge in [-0.3, -0.25) is 10.4 Å². The number of amides is 2. The lowest BCUT2D eigenvalue weighted by molar-refractivity contribution is 0.246. The number of aromatic nitrogens is 1. The lowest BCUT2D eigenvalue weighted by Gasteiger charge is -2.14. The van der Waals surface area contributed by atoms with Gasteiger partial charge in [-0.05, 0) is 22.0 Å². The van der Waals surface area contributed by atoms with E-state index in [0.717, 1.165) is 9.48 Å². The summed E-state index contributed by atoms with van der Waals surface area (Å²) in [4.78, 5) is 14.8. The zero-order valence-corrected chi connectivity index (χ0v) is 8.15. The van der Waals surface area contributed by atoms with E-state index in [9.17, 15) is 4.79 Å². The third-order valence-corrected chi connectivity index (χ3v) is 1.74. The average molecular weight is 246 g/mol. The first-order chi connectivity index (χ1) is 6.15. The molecule has 0 aromatic carbocycles. The fraction of sp³-hybridized carbons (Fsp3) is 0. The van der Waals surface area contributed by atoms with Gasteiger partial charge in [0.25, 0.3) is 0 Å². The van der Waals surface area contributed by atoms with Crippen LogP contribution in [0, 0.1) is 0 Å². The predicted molar refractivity (Wildman–Crippen MR) is 51.3 cm³/mol. The fourth-order valence-corrected chi connectivity index (χ4v) is 1.07. The van der Waals surface area contributed by atoms with Crippen LogP contribution in [0.2, 0.25) is 0 Å². The highest BCUT2D eigenvalue weighted by Crippen LogP contribution is 2.15. The standard InChI is InChI=1S/C6H8BrN5O/c7-4-1-5(3-10-2-4)12(9)6(13)11-8/h1-3H,8-9H2,(H,11,13). The van der Waals surface area contributed by atoms with Crippen molar-refractivity contribution < 1.29 is 4.79 Å². The summed E-state index contributed by atoms with van der Waals surface area (Å²) in [6, 6.07) is 1.03. The second-order valence-electron chi connectivity index (χ2n) is 2.18. The summed E-state index contributed by atoms with van der Waals surface area (Å²) in [5.74, 6) is 10.3. The number of pyridine rings is 1. The second kappa shape index (κ2) is 4.17. The van der Waals surface area contributed by atoms with Crippen LogP contribution in [0.4, 0.5) is 10.5 Å². The number of nitrogens with zero attached hydrogens (tertiary/aromatic N) is 2. The lowest BCUT2D eigenvalue weighted by Crippen LogP contribution is -2.47. The molecule has 0 atom stereocenters. The average Bonchev–Trinajstić information content (AvgIpc) is 2.15. The zero-order chi connectivity index (χ0) is 9.84. The summed E-state index contributed by atoms with van der Waals surface area (Å²) < 4.78 is 0.727. The number of hydrazine groups is 2. The van der Waals surface area contributed by atoms with Gasteiger partial charge in [-0.2, -0.15) is 0 Å². The van der Waals surface area contributed by atoms with Crippen molar-refractivity contribution in [2.75, 3.05) is 5.01 Å². The van der Waals surface area contributed by atoms with Crippen molar-refractivity contribution in [1.82, 2.24) is 10.4 Å². The highest BCUT2D eigenvalue weighted by molar-refractivity contribution is 9.10. The van der Waals surface area contributed by atoms with Crippen molar-refractivity contribution in [3.8, 4) is 0 Å². The summed E-state index contributed by atoms with van der Waals surface area (Å²) in [6.45, 7) is 0. The van der Waals surface area contributed by atoms with Crippen LogP contribution in [0.15, 0.2) is 22.9 Å². The maximum absolute atomic E-state index is 10.9. The van der Waals surface area contributed by atoms with Gasteiger partial charge in [0.15, 0.2) is 0 Å². The van der Waals surface area contributed by atoms with E-state index in [4.69, 9.17) is 11.7 Å². The van der Waals surface area contributed by atoms with E-state index in [0.29, 0.717) is 5.69 Å².